The van der Waals surface area contributed by atoms with Gasteiger partial charge in [0.25, 0.3) is 6.29 Å². The molecule has 0 aromatic heterocycles. The monoisotopic (exact) mass is 197 g/mol. The molecule has 4 nitrogen and oxygen atoms in total. The Morgan fingerprint density at radius 1 is 1.69 bits per heavy atom. The minimum Gasteiger partial charge on any atom is -0.423 e. The fraction of sp³-hybridized carbons (Fsp3) is 0.667. The molecule has 1 aliphatic rings. The first kappa shape index (κ1) is 9.82. The number of hydrogen-bond donors (Lipinski definition) is 0. The van der Waals surface area contributed by atoms with Crippen LogP contribution in [0.3, 0.4) is 0 Å². The van der Waals surface area contributed by atoms with Crippen LogP contribution in [-0.2, 0) is 14.4 Å². The highest BCUT2D eigenvalue weighted by atomic mass is 19.4. The molecular weight excluding hydrogens is 191 g/mol. The fourth-order valence-electron chi connectivity index (χ4n) is 0.771. The van der Waals surface area contributed by atoms with Crippen LogP contribution >= 0.6 is 0 Å². The first-order valence-electron chi connectivity index (χ1n) is 3.36. The summed E-state index contributed by atoms with van der Waals surface area (Å²) >= 11 is 0. The number of ether oxygens (including phenoxy) is 1. The average molecular weight is 197 g/mol. The van der Waals surface area contributed by atoms with Crippen LogP contribution in [0.4, 0.5) is 13.2 Å². The zero-order valence-corrected chi connectivity index (χ0v) is 6.59. The van der Waals surface area contributed by atoms with Gasteiger partial charge in [-0.1, -0.05) is 5.16 Å². The lowest BCUT2D eigenvalue weighted by Gasteiger charge is -2.07. The number of nitrogens with zero attached hydrogens (tertiary/aromatic N) is 1. The van der Waals surface area contributed by atoms with Crippen molar-refractivity contribution < 1.29 is 27.5 Å². The Bertz CT molecular complexity index is 248. The first-order valence-corrected chi connectivity index (χ1v) is 3.36. The Morgan fingerprint density at radius 3 is 2.69 bits per heavy atom. The number of alkyl halides is 3. The molecule has 0 bridgehead atoms. The van der Waals surface area contributed by atoms with Gasteiger partial charge in [0.1, 0.15) is 0 Å². The number of esters is 1. The molecule has 7 heteroatoms. The summed E-state index contributed by atoms with van der Waals surface area (Å²) in [6, 6.07) is 0. The maximum Gasteiger partial charge on any atom is 0.433 e. The Balaban J connectivity index is 2.47. The molecule has 0 radical (unpaired) electrons. The lowest BCUT2D eigenvalue weighted by Crippen LogP contribution is -2.24. The molecule has 1 aliphatic heterocycles. The lowest BCUT2D eigenvalue weighted by molar-refractivity contribution is -0.170. The third-order valence-electron chi connectivity index (χ3n) is 1.27. The number of halogens is 3. The first-order chi connectivity index (χ1) is 5.89. The van der Waals surface area contributed by atoms with E-state index in [2.05, 4.69) is 14.7 Å². The van der Waals surface area contributed by atoms with Crippen LogP contribution in [0.2, 0.25) is 0 Å². The predicted octanol–water partition coefficient (Wildman–Crippen LogP) is 1.21. The molecule has 0 spiro atoms. The molecule has 0 amide bonds. The topological polar surface area (TPSA) is 47.9 Å². The lowest BCUT2D eigenvalue weighted by atomic mass is 10.2. The van der Waals surface area contributed by atoms with Crippen molar-refractivity contribution in [2.24, 2.45) is 5.16 Å². The second-order valence-electron chi connectivity index (χ2n) is 2.38. The highest BCUT2D eigenvalue weighted by Crippen LogP contribution is 2.25. The van der Waals surface area contributed by atoms with Crippen molar-refractivity contribution in [3.8, 4) is 0 Å². The zero-order valence-electron chi connectivity index (χ0n) is 6.59. The normalized spacial score (nSPS) is 22.2. The van der Waals surface area contributed by atoms with Gasteiger partial charge in [0.05, 0.1) is 6.42 Å². The van der Waals surface area contributed by atoms with Crippen molar-refractivity contribution in [2.45, 2.75) is 25.8 Å². The summed E-state index contributed by atoms with van der Waals surface area (Å²) in [4.78, 5) is 14.5. The molecule has 13 heavy (non-hydrogen) atoms. The summed E-state index contributed by atoms with van der Waals surface area (Å²) in [6.45, 7) is 1.08. The molecule has 1 rings (SSSR count). The summed E-state index contributed by atoms with van der Waals surface area (Å²) < 4.78 is 40.1. The van der Waals surface area contributed by atoms with Crippen LogP contribution in [0.5, 0.6) is 0 Å². The summed E-state index contributed by atoms with van der Waals surface area (Å²) in [5.41, 5.74) is -1.07. The number of rotatable bonds is 1. The summed E-state index contributed by atoms with van der Waals surface area (Å²) in [7, 11) is 0. The Kier molecular flexibility index (Phi) is 2.44. The maximum atomic E-state index is 11.9. The van der Waals surface area contributed by atoms with E-state index >= 15 is 0 Å². The zero-order chi connectivity index (χ0) is 10.1. The van der Waals surface area contributed by atoms with Crippen LogP contribution in [0.15, 0.2) is 5.16 Å². The third-order valence-corrected chi connectivity index (χ3v) is 1.27. The van der Waals surface area contributed by atoms with E-state index in [1.54, 1.807) is 0 Å². The van der Waals surface area contributed by atoms with Crippen molar-refractivity contribution >= 4 is 11.7 Å². The Morgan fingerprint density at radius 2 is 2.31 bits per heavy atom. The van der Waals surface area contributed by atoms with Crippen LogP contribution < -0.4 is 0 Å². The van der Waals surface area contributed by atoms with Gasteiger partial charge in [0.15, 0.2) is 5.71 Å². The summed E-state index contributed by atoms with van der Waals surface area (Å²) in [6.07, 6.45) is -6.31. The highest BCUT2D eigenvalue weighted by Gasteiger charge is 2.42. The second-order valence-corrected chi connectivity index (χ2v) is 2.38. The molecule has 0 N–H and O–H groups in total. The highest BCUT2D eigenvalue weighted by molar-refractivity contribution is 5.90. The predicted molar refractivity (Wildman–Crippen MR) is 34.7 cm³/mol. The van der Waals surface area contributed by atoms with Crippen molar-refractivity contribution in [1.29, 1.82) is 0 Å². The van der Waals surface area contributed by atoms with E-state index in [4.69, 9.17) is 0 Å². The number of hydrogen-bond acceptors (Lipinski definition) is 4. The minimum absolute atomic E-state index is 0.553. The maximum absolute atomic E-state index is 11.9. The number of oxime groups is 1. The number of carbonyl (C=O) groups is 1. The van der Waals surface area contributed by atoms with Gasteiger partial charge in [-0.3, -0.25) is 4.79 Å². The SMILES string of the molecule is CC(=O)OC1CC(C(F)(F)F)=NO1. The van der Waals surface area contributed by atoms with Gasteiger partial charge < -0.3 is 9.57 Å². The van der Waals surface area contributed by atoms with Gasteiger partial charge in [-0.15, -0.1) is 0 Å². The van der Waals surface area contributed by atoms with Crippen molar-refractivity contribution in [3.63, 3.8) is 0 Å². The van der Waals surface area contributed by atoms with E-state index in [1.807, 2.05) is 0 Å². The summed E-state index contributed by atoms with van der Waals surface area (Å²) in [5, 5.41) is 2.76. The Labute approximate surface area is 71.3 Å². The average Bonchev–Trinajstić information content (AvgIpc) is 2.32. The quantitative estimate of drug-likeness (QED) is 0.593. The molecule has 0 saturated carbocycles. The number of carbonyl (C=O) groups excluding carboxylic acids is 1. The Hall–Kier alpha value is -1.27. The molecule has 0 aliphatic carbocycles. The molecule has 0 aromatic rings. The molecule has 0 saturated heterocycles. The van der Waals surface area contributed by atoms with Gasteiger partial charge in [-0.25, -0.2) is 0 Å². The molecule has 1 unspecified atom stereocenters. The van der Waals surface area contributed by atoms with Crippen LogP contribution in [0.25, 0.3) is 0 Å². The van der Waals surface area contributed by atoms with E-state index < -0.39 is 30.6 Å². The van der Waals surface area contributed by atoms with Crippen LogP contribution in [0.1, 0.15) is 13.3 Å². The van der Waals surface area contributed by atoms with Gasteiger partial charge >= 0.3 is 12.1 Å². The fourth-order valence-corrected chi connectivity index (χ4v) is 0.771. The van der Waals surface area contributed by atoms with Gasteiger partial charge in [0, 0.05) is 6.92 Å². The second kappa shape index (κ2) is 3.23. The summed E-state index contributed by atoms with van der Waals surface area (Å²) in [5.74, 6) is -0.705. The van der Waals surface area contributed by atoms with Crippen LogP contribution in [0, 0.1) is 0 Å². The minimum atomic E-state index is -4.52. The van der Waals surface area contributed by atoms with Gasteiger partial charge in [-0.05, 0) is 0 Å². The van der Waals surface area contributed by atoms with Crippen molar-refractivity contribution in [1.82, 2.24) is 0 Å². The van der Waals surface area contributed by atoms with Crippen molar-refractivity contribution in [2.75, 3.05) is 0 Å². The largest absolute Gasteiger partial charge is 0.433 e. The van der Waals surface area contributed by atoms with E-state index in [-0.39, 0.29) is 0 Å². The molecule has 74 valence electrons. The van der Waals surface area contributed by atoms with Crippen LogP contribution in [-0.4, -0.2) is 24.1 Å². The van der Waals surface area contributed by atoms with Crippen molar-refractivity contribution in [3.05, 3.63) is 0 Å². The molecule has 1 atom stereocenters. The molecule has 1 heterocycles. The third kappa shape index (κ3) is 2.60. The van der Waals surface area contributed by atoms with E-state index in [1.165, 1.54) is 0 Å². The molecule has 0 fully saturated rings. The van der Waals surface area contributed by atoms with E-state index in [0.29, 0.717) is 0 Å². The molecular formula is C6H6F3NO3. The standard InChI is InChI=1S/C6H6F3NO3/c1-3(11)12-5-2-4(10-13-5)6(7,8)9/h5H,2H2,1H3. The van der Waals surface area contributed by atoms with E-state index in [0.717, 1.165) is 6.92 Å². The van der Waals surface area contributed by atoms with Gasteiger partial charge in [0.2, 0.25) is 0 Å². The van der Waals surface area contributed by atoms with E-state index in [9.17, 15) is 18.0 Å². The van der Waals surface area contributed by atoms with Gasteiger partial charge in [-0.2, -0.15) is 13.2 Å². The smallest absolute Gasteiger partial charge is 0.423 e. The molecule has 0 aromatic carbocycles.